The topological polar surface area (TPSA) is 33.1 Å². The average Bonchev–Trinajstić information content (AvgIpc) is 2.65. The highest BCUT2D eigenvalue weighted by molar-refractivity contribution is 6.50. The zero-order valence-corrected chi connectivity index (χ0v) is 15.2. The van der Waals surface area contributed by atoms with Crippen LogP contribution in [-0.4, -0.2) is 41.2 Å². The smallest absolute Gasteiger partial charge is 0.418 e. The standard InChI is InChI=1S/C19H22FN2O.BF4/c1-2-13-12-22(20)10-8-14(13)11-18(22)19(23)16-7-9-21-17-6-4-3-5-15(16)17;2-1(3,4)5/h2-7,9,13-14,18-19,23H,1,8,10-12H2;/q+1;-1/t13-,14-,18-,19+,22?;/m0./s1. The van der Waals surface area contributed by atoms with Crippen molar-refractivity contribution in [2.45, 2.75) is 25.0 Å². The van der Waals surface area contributed by atoms with Crippen LogP contribution in [0.25, 0.3) is 10.9 Å². The fraction of sp³-hybridized carbons (Fsp3) is 0.421. The Morgan fingerprint density at radius 3 is 2.54 bits per heavy atom. The number of quaternary nitrogens is 1. The second-order valence-corrected chi connectivity index (χ2v) is 7.44. The van der Waals surface area contributed by atoms with Crippen molar-refractivity contribution in [3.63, 3.8) is 0 Å². The number of aliphatic hydroxyl groups is 1. The Morgan fingerprint density at radius 2 is 1.89 bits per heavy atom. The van der Waals surface area contributed by atoms with Crippen LogP contribution in [0.2, 0.25) is 0 Å². The molecule has 28 heavy (non-hydrogen) atoms. The number of benzene rings is 1. The average molecular weight is 400 g/mol. The van der Waals surface area contributed by atoms with Crippen molar-refractivity contribution >= 4 is 18.2 Å². The zero-order valence-electron chi connectivity index (χ0n) is 15.2. The number of hydrogen-bond donors (Lipinski definition) is 1. The Labute approximate surface area is 160 Å². The van der Waals surface area contributed by atoms with Crippen LogP contribution in [0.5, 0.6) is 0 Å². The summed E-state index contributed by atoms with van der Waals surface area (Å²) in [6.07, 6.45) is 4.38. The van der Waals surface area contributed by atoms with Gasteiger partial charge in [0.05, 0.1) is 5.52 Å². The number of nitrogens with zero attached hydrogens (tertiary/aromatic N) is 2. The first-order valence-electron chi connectivity index (χ1n) is 9.20. The van der Waals surface area contributed by atoms with E-state index in [0.29, 0.717) is 25.4 Å². The quantitative estimate of drug-likeness (QED) is 0.346. The van der Waals surface area contributed by atoms with Crippen molar-refractivity contribution in [3.05, 3.63) is 54.7 Å². The molecule has 0 spiro atoms. The molecule has 0 amide bonds. The van der Waals surface area contributed by atoms with Crippen LogP contribution in [0.3, 0.4) is 0 Å². The Kier molecular flexibility index (Phi) is 5.77. The lowest BCUT2D eigenvalue weighted by Gasteiger charge is -2.50. The molecule has 9 heteroatoms. The molecule has 3 aliphatic rings. The van der Waals surface area contributed by atoms with Crippen molar-refractivity contribution in [1.82, 2.24) is 4.98 Å². The van der Waals surface area contributed by atoms with Crippen LogP contribution in [0.4, 0.5) is 21.7 Å². The molecule has 3 nitrogen and oxygen atoms in total. The van der Waals surface area contributed by atoms with E-state index in [9.17, 15) is 22.4 Å². The maximum Gasteiger partial charge on any atom is 0.673 e. The summed E-state index contributed by atoms with van der Waals surface area (Å²) in [5, 5.41) is 11.9. The van der Waals surface area contributed by atoms with Gasteiger partial charge in [0.15, 0.2) is 6.04 Å². The summed E-state index contributed by atoms with van der Waals surface area (Å²) >= 11 is 0. The Morgan fingerprint density at radius 1 is 1.21 bits per heavy atom. The first-order chi connectivity index (χ1) is 13.1. The number of rotatable bonds is 3. The van der Waals surface area contributed by atoms with E-state index in [1.165, 1.54) is 0 Å². The van der Waals surface area contributed by atoms with E-state index in [4.69, 9.17) is 0 Å². The first kappa shape index (κ1) is 20.7. The highest BCUT2D eigenvalue weighted by Gasteiger charge is 2.56. The van der Waals surface area contributed by atoms with Gasteiger partial charge in [-0.15, -0.1) is 11.3 Å². The van der Waals surface area contributed by atoms with Crippen LogP contribution < -0.4 is 0 Å². The SMILES string of the molecule is C=C[C@H]1C[N+]2(F)CC[C@H]1C[C@H]2[C@H](O)c1ccnc2ccccc12.F[B-](F)(F)F. The highest BCUT2D eigenvalue weighted by Crippen LogP contribution is 2.47. The molecule has 5 rings (SSSR count). The van der Waals surface area contributed by atoms with Gasteiger partial charge in [0.25, 0.3) is 0 Å². The van der Waals surface area contributed by atoms with Crippen molar-refractivity contribution in [2.75, 3.05) is 13.1 Å². The molecular weight excluding hydrogens is 378 g/mol. The largest absolute Gasteiger partial charge is 0.673 e. The molecule has 2 aromatic rings. The van der Waals surface area contributed by atoms with Gasteiger partial charge in [-0.05, 0) is 28.1 Å². The third-order valence-electron chi connectivity index (χ3n) is 5.80. The third-order valence-corrected chi connectivity index (χ3v) is 5.80. The van der Waals surface area contributed by atoms with Crippen LogP contribution >= 0.6 is 0 Å². The molecule has 0 radical (unpaired) electrons. The van der Waals surface area contributed by atoms with Gasteiger partial charge in [0, 0.05) is 30.3 Å². The Bertz CT molecular complexity index is 837. The van der Waals surface area contributed by atoms with Gasteiger partial charge < -0.3 is 22.4 Å². The second-order valence-electron chi connectivity index (χ2n) is 7.44. The molecule has 1 aromatic carbocycles. The number of aromatic nitrogens is 1. The number of halogens is 5. The maximum absolute atomic E-state index is 15.5. The first-order valence-corrected chi connectivity index (χ1v) is 9.20. The number of pyridine rings is 1. The molecule has 3 saturated heterocycles. The van der Waals surface area contributed by atoms with E-state index in [0.717, 1.165) is 22.9 Å². The molecule has 3 fully saturated rings. The number of piperidine rings is 3. The molecule has 1 aromatic heterocycles. The number of para-hydroxylation sites is 1. The lowest BCUT2D eigenvalue weighted by Crippen LogP contribution is -2.63. The van der Waals surface area contributed by atoms with Gasteiger partial charge in [-0.1, -0.05) is 24.3 Å². The van der Waals surface area contributed by atoms with Crippen LogP contribution in [-0.2, 0) is 0 Å². The van der Waals surface area contributed by atoms with E-state index >= 15 is 4.48 Å². The van der Waals surface area contributed by atoms with E-state index in [-0.39, 0.29) is 5.92 Å². The molecule has 3 aliphatic heterocycles. The van der Waals surface area contributed by atoms with E-state index in [1.54, 1.807) is 6.20 Å². The highest BCUT2D eigenvalue weighted by atomic mass is 19.5. The van der Waals surface area contributed by atoms with Crippen molar-refractivity contribution in [3.8, 4) is 0 Å². The molecular formula is C19H22BF5N2O. The van der Waals surface area contributed by atoms with Gasteiger partial charge in [0.2, 0.25) is 0 Å². The fourth-order valence-electron chi connectivity index (χ4n) is 4.51. The van der Waals surface area contributed by atoms with Crippen LogP contribution in [0, 0.1) is 11.8 Å². The molecule has 0 aliphatic carbocycles. The summed E-state index contributed by atoms with van der Waals surface area (Å²) < 4.78 is 54.0. The van der Waals surface area contributed by atoms with Crippen LogP contribution in [0.1, 0.15) is 24.5 Å². The summed E-state index contributed by atoms with van der Waals surface area (Å²) in [4.78, 5) is 4.34. The maximum atomic E-state index is 15.5. The zero-order chi connectivity index (χ0) is 20.5. The van der Waals surface area contributed by atoms with Crippen LogP contribution in [0.15, 0.2) is 49.2 Å². The molecule has 5 atom stereocenters. The number of aliphatic hydroxyl groups excluding tert-OH is 1. The van der Waals surface area contributed by atoms with Crippen molar-refractivity contribution < 1.29 is 31.6 Å². The summed E-state index contributed by atoms with van der Waals surface area (Å²) in [7, 11) is -6.00. The van der Waals surface area contributed by atoms with Gasteiger partial charge >= 0.3 is 7.25 Å². The van der Waals surface area contributed by atoms with E-state index in [2.05, 4.69) is 11.6 Å². The molecule has 1 unspecified atom stereocenters. The van der Waals surface area contributed by atoms with Crippen molar-refractivity contribution in [2.24, 2.45) is 11.8 Å². The minimum absolute atomic E-state index is 0.228. The normalized spacial score (nSPS) is 30.4. The van der Waals surface area contributed by atoms with Crippen molar-refractivity contribution in [1.29, 1.82) is 0 Å². The van der Waals surface area contributed by atoms with Gasteiger partial charge in [-0.3, -0.25) is 4.98 Å². The molecule has 2 bridgehead atoms. The predicted octanol–water partition coefficient (Wildman–Crippen LogP) is 4.86. The lowest BCUT2D eigenvalue weighted by molar-refractivity contribution is -1.09. The molecule has 4 heterocycles. The molecule has 152 valence electrons. The second kappa shape index (κ2) is 7.79. The minimum Gasteiger partial charge on any atom is -0.418 e. The van der Waals surface area contributed by atoms with Gasteiger partial charge in [0.1, 0.15) is 19.2 Å². The monoisotopic (exact) mass is 400 g/mol. The third kappa shape index (κ3) is 4.36. The van der Waals surface area contributed by atoms with Gasteiger partial charge in [-0.2, -0.15) is 0 Å². The molecule has 1 N–H and O–H groups in total. The predicted molar refractivity (Wildman–Crippen MR) is 98.2 cm³/mol. The fourth-order valence-corrected chi connectivity index (χ4v) is 4.51. The summed E-state index contributed by atoms with van der Waals surface area (Å²) in [6, 6.07) is 9.17. The number of fused-ring (bicyclic) bond motifs is 4. The van der Waals surface area contributed by atoms with E-state index in [1.807, 2.05) is 36.4 Å². The Balaban J connectivity index is 0.000000403. The summed E-state index contributed by atoms with van der Waals surface area (Å²) in [5.41, 5.74) is 1.63. The summed E-state index contributed by atoms with van der Waals surface area (Å²) in [6.45, 7) is 4.80. The summed E-state index contributed by atoms with van der Waals surface area (Å²) in [5.74, 6) is 0.669. The number of hydrogen-bond acceptors (Lipinski definition) is 2. The molecule has 0 saturated carbocycles. The minimum atomic E-state index is -6.00. The van der Waals surface area contributed by atoms with E-state index < -0.39 is 24.1 Å². The van der Waals surface area contributed by atoms with Gasteiger partial charge in [-0.25, -0.2) is 0 Å². The lowest BCUT2D eigenvalue weighted by atomic mass is 9.73. The Hall–Kier alpha value is -2.00.